The highest BCUT2D eigenvalue weighted by Crippen LogP contribution is 2.35. The molecule has 3 amide bonds. The van der Waals surface area contributed by atoms with Gasteiger partial charge in [-0.15, -0.1) is 0 Å². The first kappa shape index (κ1) is 19.9. The van der Waals surface area contributed by atoms with Crippen LogP contribution in [-0.4, -0.2) is 41.9 Å². The fourth-order valence-electron chi connectivity index (χ4n) is 4.36. The molecule has 0 aliphatic carbocycles. The van der Waals surface area contributed by atoms with Gasteiger partial charge in [0.15, 0.2) is 0 Å². The second-order valence-electron chi connectivity index (χ2n) is 7.74. The van der Waals surface area contributed by atoms with Crippen LogP contribution in [0.3, 0.4) is 0 Å². The molecule has 1 saturated heterocycles. The van der Waals surface area contributed by atoms with Crippen LogP contribution in [0.4, 0.5) is 11.4 Å². The quantitative estimate of drug-likeness (QED) is 0.815. The van der Waals surface area contributed by atoms with E-state index in [9.17, 15) is 14.4 Å². The topological polar surface area (TPSA) is 95.7 Å². The van der Waals surface area contributed by atoms with E-state index in [0.29, 0.717) is 22.4 Å². The van der Waals surface area contributed by atoms with Crippen LogP contribution < -0.4 is 16.0 Å². The van der Waals surface area contributed by atoms with E-state index in [1.165, 1.54) is 0 Å². The normalized spacial score (nSPS) is 18.3. The lowest BCUT2D eigenvalue weighted by molar-refractivity contribution is 0.0656. The number of benzene rings is 2. The van der Waals surface area contributed by atoms with Crippen molar-refractivity contribution in [2.24, 2.45) is 5.73 Å². The monoisotopic (exact) mass is 406 g/mol. The number of hydrogen-bond donors (Lipinski definition) is 2. The summed E-state index contributed by atoms with van der Waals surface area (Å²) in [6, 6.07) is 11.7. The van der Waals surface area contributed by atoms with Crippen LogP contribution in [0.1, 0.15) is 63.7 Å². The van der Waals surface area contributed by atoms with Crippen molar-refractivity contribution in [3.8, 4) is 0 Å². The maximum Gasteiger partial charge on any atom is 0.257 e. The summed E-state index contributed by atoms with van der Waals surface area (Å²) in [5, 5.41) is 2.84. The molecule has 2 aromatic carbocycles. The van der Waals surface area contributed by atoms with Gasteiger partial charge in [-0.2, -0.15) is 0 Å². The van der Waals surface area contributed by atoms with Gasteiger partial charge in [-0.05, 0) is 68.7 Å². The molecular weight excluding hydrogens is 380 g/mol. The number of nitrogens with zero attached hydrogens (tertiary/aromatic N) is 2. The number of amides is 3. The molecule has 2 aromatic rings. The van der Waals surface area contributed by atoms with Gasteiger partial charge >= 0.3 is 0 Å². The zero-order chi connectivity index (χ0) is 21.3. The molecule has 2 aliphatic heterocycles. The predicted octanol–water partition coefficient (Wildman–Crippen LogP) is 3.22. The van der Waals surface area contributed by atoms with Gasteiger partial charge in [0.1, 0.15) is 6.17 Å². The Morgan fingerprint density at radius 2 is 1.80 bits per heavy atom. The summed E-state index contributed by atoms with van der Waals surface area (Å²) in [4.78, 5) is 41.3. The maximum atomic E-state index is 13.1. The number of fused-ring (bicyclic) bond motifs is 2. The van der Waals surface area contributed by atoms with E-state index in [4.69, 9.17) is 5.73 Å². The summed E-state index contributed by atoms with van der Waals surface area (Å²) in [5.74, 6) is -0.730. The van der Waals surface area contributed by atoms with Crippen LogP contribution in [0.2, 0.25) is 0 Å². The first-order valence-corrected chi connectivity index (χ1v) is 10.4. The summed E-state index contributed by atoms with van der Waals surface area (Å²) in [6.07, 6.45) is 4.27. The van der Waals surface area contributed by atoms with Gasteiger partial charge in [-0.3, -0.25) is 14.4 Å². The Morgan fingerprint density at radius 1 is 1.07 bits per heavy atom. The molecule has 2 aliphatic rings. The van der Waals surface area contributed by atoms with Crippen molar-refractivity contribution in [3.63, 3.8) is 0 Å². The molecule has 0 radical (unpaired) electrons. The van der Waals surface area contributed by atoms with E-state index in [-0.39, 0.29) is 18.0 Å². The van der Waals surface area contributed by atoms with Crippen molar-refractivity contribution in [2.45, 2.75) is 38.8 Å². The lowest BCUT2D eigenvalue weighted by Crippen LogP contribution is -2.55. The van der Waals surface area contributed by atoms with Crippen molar-refractivity contribution >= 4 is 29.1 Å². The minimum atomic E-state index is -0.514. The van der Waals surface area contributed by atoms with Crippen LogP contribution in [-0.2, 0) is 0 Å². The Balaban J connectivity index is 1.61. The third-order valence-electron chi connectivity index (χ3n) is 5.91. The molecule has 0 saturated carbocycles. The summed E-state index contributed by atoms with van der Waals surface area (Å²) in [5.41, 5.74) is 8.16. The molecule has 7 heteroatoms. The van der Waals surface area contributed by atoms with Crippen LogP contribution in [0, 0.1) is 0 Å². The largest absolute Gasteiger partial charge is 0.366 e. The first-order valence-electron chi connectivity index (χ1n) is 10.4. The number of rotatable bonds is 4. The van der Waals surface area contributed by atoms with Gasteiger partial charge in [0.25, 0.3) is 11.8 Å². The maximum absolute atomic E-state index is 13.1. The highest BCUT2D eigenvalue weighted by molar-refractivity contribution is 6.08. The average molecular weight is 406 g/mol. The number of hydrogen-bond acceptors (Lipinski definition) is 4. The first-order chi connectivity index (χ1) is 14.5. The summed E-state index contributed by atoms with van der Waals surface area (Å²) >= 11 is 0. The zero-order valence-electron chi connectivity index (χ0n) is 17.1. The van der Waals surface area contributed by atoms with Crippen molar-refractivity contribution in [3.05, 3.63) is 59.2 Å². The predicted molar refractivity (Wildman–Crippen MR) is 116 cm³/mol. The van der Waals surface area contributed by atoms with Crippen molar-refractivity contribution in [2.75, 3.05) is 23.3 Å². The van der Waals surface area contributed by atoms with Crippen LogP contribution >= 0.6 is 0 Å². The SMILES string of the molecule is CCN1c2cc(C(=O)Nc3ccc(C(N)=O)cc3)ccc2C(=O)N2CCCCC[C@@H]21. The van der Waals surface area contributed by atoms with Gasteiger partial charge in [0, 0.05) is 29.9 Å². The molecule has 1 atom stereocenters. The van der Waals surface area contributed by atoms with Crippen molar-refractivity contribution in [1.82, 2.24) is 4.90 Å². The molecule has 1 fully saturated rings. The minimum Gasteiger partial charge on any atom is -0.366 e. The molecule has 30 heavy (non-hydrogen) atoms. The molecule has 156 valence electrons. The highest BCUT2D eigenvalue weighted by Gasteiger charge is 2.37. The van der Waals surface area contributed by atoms with E-state index < -0.39 is 5.91 Å². The average Bonchev–Trinajstić information content (AvgIpc) is 3.00. The van der Waals surface area contributed by atoms with Gasteiger partial charge < -0.3 is 20.9 Å². The highest BCUT2D eigenvalue weighted by atomic mass is 16.2. The molecule has 0 unspecified atom stereocenters. The number of primary amides is 1. The molecule has 7 nitrogen and oxygen atoms in total. The molecule has 0 spiro atoms. The Hall–Kier alpha value is -3.35. The van der Waals surface area contributed by atoms with Gasteiger partial charge in [-0.1, -0.05) is 6.42 Å². The fourth-order valence-corrected chi connectivity index (χ4v) is 4.36. The zero-order valence-corrected chi connectivity index (χ0v) is 17.1. The summed E-state index contributed by atoms with van der Waals surface area (Å²) in [7, 11) is 0. The molecule has 4 rings (SSSR count). The summed E-state index contributed by atoms with van der Waals surface area (Å²) in [6.45, 7) is 3.62. The van der Waals surface area contributed by atoms with Crippen LogP contribution in [0.15, 0.2) is 42.5 Å². The van der Waals surface area contributed by atoms with Gasteiger partial charge in [-0.25, -0.2) is 0 Å². The third-order valence-corrected chi connectivity index (χ3v) is 5.91. The Kier molecular flexibility index (Phi) is 5.44. The number of nitrogens with two attached hydrogens (primary N) is 1. The van der Waals surface area contributed by atoms with E-state index in [1.807, 2.05) is 11.0 Å². The van der Waals surface area contributed by atoms with E-state index in [1.54, 1.807) is 36.4 Å². The number of anilines is 2. The Labute approximate surface area is 175 Å². The van der Waals surface area contributed by atoms with E-state index in [0.717, 1.165) is 44.5 Å². The van der Waals surface area contributed by atoms with Crippen LogP contribution in [0.5, 0.6) is 0 Å². The third kappa shape index (κ3) is 3.63. The van der Waals surface area contributed by atoms with Gasteiger partial charge in [0.05, 0.1) is 11.3 Å². The lowest BCUT2D eigenvalue weighted by Gasteiger charge is -2.44. The van der Waals surface area contributed by atoms with E-state index in [2.05, 4.69) is 17.1 Å². The smallest absolute Gasteiger partial charge is 0.257 e. The van der Waals surface area contributed by atoms with Crippen LogP contribution in [0.25, 0.3) is 0 Å². The minimum absolute atomic E-state index is 0.0515. The number of nitrogens with one attached hydrogen (secondary N) is 1. The molecular formula is C23H26N4O3. The Bertz CT molecular complexity index is 986. The Morgan fingerprint density at radius 3 is 2.50 bits per heavy atom. The molecule has 2 heterocycles. The molecule has 0 aromatic heterocycles. The standard InChI is InChI=1S/C23H26N4O3/c1-2-26-19-14-16(22(29)25-17-10-7-15(8-11-17)21(24)28)9-12-18(19)23(30)27-13-5-3-4-6-20(26)27/h7-12,14,20H,2-6,13H2,1H3,(H2,24,28)(H,25,29)/t20-/m1/s1. The molecule has 3 N–H and O–H groups in total. The van der Waals surface area contributed by atoms with Crippen molar-refractivity contribution < 1.29 is 14.4 Å². The number of carbonyl (C=O) groups is 3. The summed E-state index contributed by atoms with van der Waals surface area (Å²) < 4.78 is 0. The number of carbonyl (C=O) groups excluding carboxylic acids is 3. The molecule has 0 bridgehead atoms. The van der Waals surface area contributed by atoms with Crippen molar-refractivity contribution in [1.29, 1.82) is 0 Å². The lowest BCUT2D eigenvalue weighted by atomic mass is 10.0. The van der Waals surface area contributed by atoms with E-state index >= 15 is 0 Å². The second-order valence-corrected chi connectivity index (χ2v) is 7.74. The van der Waals surface area contributed by atoms with Gasteiger partial charge in [0.2, 0.25) is 5.91 Å². The second kappa shape index (κ2) is 8.18. The fraction of sp³-hybridized carbons (Fsp3) is 0.348.